The first-order valence-electron chi connectivity index (χ1n) is 6.08. The summed E-state index contributed by atoms with van der Waals surface area (Å²) in [6, 6.07) is 5.71. The first-order chi connectivity index (χ1) is 8.15. The summed E-state index contributed by atoms with van der Waals surface area (Å²) in [6.45, 7) is 0. The lowest BCUT2D eigenvalue weighted by molar-refractivity contribution is 0.428. The first kappa shape index (κ1) is 11.1. The van der Waals surface area contributed by atoms with Crippen molar-refractivity contribution in [3.8, 4) is 0 Å². The van der Waals surface area contributed by atoms with Gasteiger partial charge in [0.2, 0.25) is 0 Å². The van der Waals surface area contributed by atoms with Crippen LogP contribution in [-0.2, 0) is 6.42 Å². The molecule has 4 heteroatoms. The summed E-state index contributed by atoms with van der Waals surface area (Å²) >= 11 is 5.95. The lowest BCUT2D eigenvalue weighted by atomic mass is 9.94. The van der Waals surface area contributed by atoms with E-state index in [-0.39, 0.29) is 5.54 Å². The topological polar surface area (TPSA) is 54.7 Å². The summed E-state index contributed by atoms with van der Waals surface area (Å²) in [5.41, 5.74) is 8.26. The first-order valence-corrected chi connectivity index (χ1v) is 6.46. The summed E-state index contributed by atoms with van der Waals surface area (Å²) in [7, 11) is 0. The number of H-pyrrole nitrogens is 1. The van der Waals surface area contributed by atoms with Crippen LogP contribution < -0.4 is 5.73 Å². The molecule has 0 unspecified atom stereocenters. The Kier molecular flexibility index (Phi) is 2.60. The Hall–Kier alpha value is -1.06. The molecule has 1 aromatic heterocycles. The second-order valence-electron chi connectivity index (χ2n) is 5.09. The van der Waals surface area contributed by atoms with Gasteiger partial charge >= 0.3 is 0 Å². The Bertz CT molecular complexity index is 541. The van der Waals surface area contributed by atoms with Crippen molar-refractivity contribution in [2.45, 2.75) is 37.6 Å². The Morgan fingerprint density at radius 3 is 2.88 bits per heavy atom. The van der Waals surface area contributed by atoms with E-state index in [9.17, 15) is 0 Å². The monoisotopic (exact) mass is 249 g/mol. The maximum atomic E-state index is 6.36. The summed E-state index contributed by atoms with van der Waals surface area (Å²) < 4.78 is 0. The standard InChI is InChI=1S/C13H16ClN3/c14-9-3-4-10-11(7-9)17-12(16-10)8-13(15)5-1-2-6-13/h3-4,7H,1-2,5-6,8,15H2,(H,16,17). The number of aromatic nitrogens is 2. The van der Waals surface area contributed by atoms with Crippen LogP contribution in [0.4, 0.5) is 0 Å². The molecular formula is C13H16ClN3. The molecule has 3 rings (SSSR count). The van der Waals surface area contributed by atoms with Gasteiger partial charge < -0.3 is 10.7 Å². The molecule has 1 heterocycles. The van der Waals surface area contributed by atoms with Gasteiger partial charge in [0.05, 0.1) is 11.0 Å². The van der Waals surface area contributed by atoms with Crippen LogP contribution in [0.25, 0.3) is 11.0 Å². The molecule has 1 saturated carbocycles. The van der Waals surface area contributed by atoms with Crippen LogP contribution in [0.1, 0.15) is 31.5 Å². The maximum absolute atomic E-state index is 6.36. The number of rotatable bonds is 2. The molecule has 1 aromatic carbocycles. The summed E-state index contributed by atoms with van der Waals surface area (Å²) in [5, 5.41) is 0.732. The van der Waals surface area contributed by atoms with Gasteiger partial charge in [-0.2, -0.15) is 0 Å². The minimum atomic E-state index is -0.0579. The van der Waals surface area contributed by atoms with Gasteiger partial charge in [-0.15, -0.1) is 0 Å². The molecule has 17 heavy (non-hydrogen) atoms. The lowest BCUT2D eigenvalue weighted by Crippen LogP contribution is -2.39. The van der Waals surface area contributed by atoms with Gasteiger partial charge in [-0.05, 0) is 31.0 Å². The highest BCUT2D eigenvalue weighted by Gasteiger charge is 2.30. The quantitative estimate of drug-likeness (QED) is 0.860. The van der Waals surface area contributed by atoms with Crippen LogP contribution in [-0.4, -0.2) is 15.5 Å². The van der Waals surface area contributed by atoms with Crippen LogP contribution >= 0.6 is 11.6 Å². The lowest BCUT2D eigenvalue weighted by Gasteiger charge is -2.21. The van der Waals surface area contributed by atoms with Gasteiger partial charge in [0.15, 0.2) is 0 Å². The Balaban J connectivity index is 1.90. The van der Waals surface area contributed by atoms with Crippen molar-refractivity contribution in [2.75, 3.05) is 0 Å². The highest BCUT2D eigenvalue weighted by atomic mass is 35.5. The Morgan fingerprint density at radius 1 is 1.35 bits per heavy atom. The number of nitrogens with one attached hydrogen (secondary N) is 1. The van der Waals surface area contributed by atoms with Gasteiger partial charge in [-0.25, -0.2) is 4.98 Å². The van der Waals surface area contributed by atoms with E-state index in [1.807, 2.05) is 18.2 Å². The zero-order valence-corrected chi connectivity index (χ0v) is 10.4. The minimum absolute atomic E-state index is 0.0579. The predicted molar refractivity (Wildman–Crippen MR) is 70.2 cm³/mol. The van der Waals surface area contributed by atoms with E-state index in [0.29, 0.717) is 0 Å². The van der Waals surface area contributed by atoms with E-state index in [1.165, 1.54) is 12.8 Å². The summed E-state index contributed by atoms with van der Waals surface area (Å²) in [6.07, 6.45) is 5.51. The molecule has 90 valence electrons. The van der Waals surface area contributed by atoms with Gasteiger partial charge in [0.1, 0.15) is 5.82 Å². The number of nitrogens with two attached hydrogens (primary N) is 1. The highest BCUT2D eigenvalue weighted by Crippen LogP contribution is 2.30. The Morgan fingerprint density at radius 2 is 2.12 bits per heavy atom. The normalized spacial score (nSPS) is 18.9. The van der Waals surface area contributed by atoms with Crippen LogP contribution in [0.15, 0.2) is 18.2 Å². The van der Waals surface area contributed by atoms with Gasteiger partial charge in [0, 0.05) is 17.0 Å². The van der Waals surface area contributed by atoms with Crippen LogP contribution in [0.3, 0.4) is 0 Å². The maximum Gasteiger partial charge on any atom is 0.109 e. The molecule has 0 atom stereocenters. The average molecular weight is 250 g/mol. The van der Waals surface area contributed by atoms with Crippen LogP contribution in [0.5, 0.6) is 0 Å². The van der Waals surface area contributed by atoms with Gasteiger partial charge in [-0.1, -0.05) is 24.4 Å². The third kappa shape index (κ3) is 2.17. The SMILES string of the molecule is NC1(Cc2nc3ccc(Cl)cc3[nH]2)CCCC1. The van der Waals surface area contributed by atoms with E-state index < -0.39 is 0 Å². The van der Waals surface area contributed by atoms with Crippen LogP contribution in [0.2, 0.25) is 5.02 Å². The number of imidazole rings is 1. The Labute approximate surface area is 105 Å². The van der Waals surface area contributed by atoms with E-state index in [4.69, 9.17) is 17.3 Å². The molecule has 0 spiro atoms. The number of halogens is 1. The largest absolute Gasteiger partial charge is 0.342 e. The summed E-state index contributed by atoms with van der Waals surface area (Å²) in [4.78, 5) is 7.88. The molecule has 1 aliphatic rings. The molecule has 2 aromatic rings. The van der Waals surface area contributed by atoms with Gasteiger partial charge in [0.25, 0.3) is 0 Å². The molecule has 3 N–H and O–H groups in total. The zero-order valence-electron chi connectivity index (χ0n) is 9.67. The third-order valence-corrected chi connectivity index (χ3v) is 3.85. The van der Waals surface area contributed by atoms with Crippen molar-refractivity contribution in [1.29, 1.82) is 0 Å². The van der Waals surface area contributed by atoms with E-state index >= 15 is 0 Å². The third-order valence-electron chi connectivity index (χ3n) is 3.61. The molecule has 0 bridgehead atoms. The number of fused-ring (bicyclic) bond motifs is 1. The van der Waals surface area contributed by atoms with Crippen molar-refractivity contribution in [1.82, 2.24) is 9.97 Å². The van der Waals surface area contributed by atoms with Crippen molar-refractivity contribution < 1.29 is 0 Å². The van der Waals surface area contributed by atoms with Crippen LogP contribution in [0, 0.1) is 0 Å². The number of benzene rings is 1. The smallest absolute Gasteiger partial charge is 0.109 e. The molecule has 0 saturated heterocycles. The minimum Gasteiger partial charge on any atom is -0.342 e. The molecule has 0 aliphatic heterocycles. The fourth-order valence-corrected chi connectivity index (χ4v) is 2.88. The van der Waals surface area contributed by atoms with Crippen molar-refractivity contribution in [3.63, 3.8) is 0 Å². The van der Waals surface area contributed by atoms with Crippen molar-refractivity contribution >= 4 is 22.6 Å². The predicted octanol–water partition coefficient (Wildman–Crippen LogP) is 3.03. The molecule has 1 fully saturated rings. The molecule has 1 aliphatic carbocycles. The number of nitrogens with zero attached hydrogens (tertiary/aromatic N) is 1. The fraction of sp³-hybridized carbons (Fsp3) is 0.462. The highest BCUT2D eigenvalue weighted by molar-refractivity contribution is 6.31. The van der Waals surface area contributed by atoms with Crippen molar-refractivity contribution in [3.05, 3.63) is 29.0 Å². The molecule has 3 nitrogen and oxygen atoms in total. The van der Waals surface area contributed by atoms with E-state index in [1.54, 1.807) is 0 Å². The number of hydrogen-bond donors (Lipinski definition) is 2. The molecule has 0 radical (unpaired) electrons. The average Bonchev–Trinajstić information content (AvgIpc) is 2.84. The second-order valence-corrected chi connectivity index (χ2v) is 5.53. The number of aromatic amines is 1. The van der Waals surface area contributed by atoms with Gasteiger partial charge in [-0.3, -0.25) is 0 Å². The molecule has 0 amide bonds. The van der Waals surface area contributed by atoms with Crippen molar-refractivity contribution in [2.24, 2.45) is 5.73 Å². The second kappa shape index (κ2) is 4.00. The summed E-state index contributed by atoms with van der Waals surface area (Å²) in [5.74, 6) is 0.978. The fourth-order valence-electron chi connectivity index (χ4n) is 2.71. The number of hydrogen-bond acceptors (Lipinski definition) is 2. The molecular weight excluding hydrogens is 234 g/mol. The van der Waals surface area contributed by atoms with E-state index in [0.717, 1.165) is 41.1 Å². The van der Waals surface area contributed by atoms with E-state index in [2.05, 4.69) is 9.97 Å². The zero-order chi connectivity index (χ0) is 11.9.